The van der Waals surface area contributed by atoms with E-state index in [-0.39, 0.29) is 5.75 Å². The van der Waals surface area contributed by atoms with E-state index in [2.05, 4.69) is 9.97 Å². The molecule has 0 saturated heterocycles. The van der Waals surface area contributed by atoms with Crippen molar-refractivity contribution in [3.05, 3.63) is 72.1 Å². The van der Waals surface area contributed by atoms with Crippen LogP contribution in [0.2, 0.25) is 0 Å². The zero-order chi connectivity index (χ0) is 14.2. The highest BCUT2D eigenvalue weighted by Gasteiger charge is 2.26. The van der Waals surface area contributed by atoms with Crippen LogP contribution in [0.1, 0.15) is 11.1 Å². The minimum atomic E-state index is 0.231. The van der Waals surface area contributed by atoms with Gasteiger partial charge in [0, 0.05) is 23.5 Å². The summed E-state index contributed by atoms with van der Waals surface area (Å²) in [6.07, 6.45) is 3.53. The lowest BCUT2D eigenvalue weighted by molar-refractivity contribution is 0.475. The van der Waals surface area contributed by atoms with Gasteiger partial charge in [-0.15, -0.1) is 0 Å². The molecule has 0 fully saturated rings. The minimum absolute atomic E-state index is 0.231. The Hall–Kier alpha value is -3.01. The Labute approximate surface area is 121 Å². The molecule has 100 valence electrons. The Kier molecular flexibility index (Phi) is 2.54. The summed E-state index contributed by atoms with van der Waals surface area (Å²) in [5.74, 6) is 0.231. The summed E-state index contributed by atoms with van der Waals surface area (Å²) in [7, 11) is 0. The lowest BCUT2D eigenvalue weighted by Gasteiger charge is -2.01. The van der Waals surface area contributed by atoms with Crippen molar-refractivity contribution in [2.45, 2.75) is 0 Å². The zero-order valence-corrected chi connectivity index (χ0v) is 11.1. The van der Waals surface area contributed by atoms with Gasteiger partial charge in [0.1, 0.15) is 5.75 Å². The molecule has 0 saturated carbocycles. The third-order valence-electron chi connectivity index (χ3n) is 3.44. The van der Waals surface area contributed by atoms with Gasteiger partial charge in [0.25, 0.3) is 0 Å². The van der Waals surface area contributed by atoms with Crippen molar-refractivity contribution in [2.75, 3.05) is 0 Å². The minimum Gasteiger partial charge on any atom is -0.508 e. The van der Waals surface area contributed by atoms with Gasteiger partial charge >= 0.3 is 0 Å². The predicted molar refractivity (Wildman–Crippen MR) is 80.9 cm³/mol. The lowest BCUT2D eigenvalue weighted by Crippen LogP contribution is -1.97. The van der Waals surface area contributed by atoms with Gasteiger partial charge in [-0.25, -0.2) is 4.99 Å². The number of aliphatic imine (C=N–C) groups is 1. The number of pyridine rings is 2. The summed E-state index contributed by atoms with van der Waals surface area (Å²) >= 11 is 0. The van der Waals surface area contributed by atoms with Gasteiger partial charge < -0.3 is 5.11 Å². The molecule has 2 heterocycles. The normalized spacial score (nSPS) is 11.9. The van der Waals surface area contributed by atoms with Crippen LogP contribution >= 0.6 is 0 Å². The van der Waals surface area contributed by atoms with Crippen molar-refractivity contribution in [3.8, 4) is 17.1 Å². The van der Waals surface area contributed by atoms with E-state index in [1.807, 2.05) is 24.3 Å². The fourth-order valence-electron chi connectivity index (χ4n) is 2.49. The molecule has 1 aliphatic carbocycles. The standard InChI is InChI=1S/C17H11N3O/c21-12-7-5-11(6-8-12)20-15-13-3-1-9-18-16(13)17-14(15)4-2-10-19-17/h1-10,21H. The maximum absolute atomic E-state index is 9.36. The number of aromatic nitrogens is 2. The summed E-state index contributed by atoms with van der Waals surface area (Å²) in [6, 6.07) is 14.6. The second-order valence-electron chi connectivity index (χ2n) is 4.78. The molecule has 21 heavy (non-hydrogen) atoms. The van der Waals surface area contributed by atoms with Crippen LogP contribution in [-0.2, 0) is 0 Å². The number of phenols is 1. The molecule has 3 aromatic rings. The predicted octanol–water partition coefficient (Wildman–Crippen LogP) is 3.33. The van der Waals surface area contributed by atoms with Gasteiger partial charge in [-0.3, -0.25) is 9.97 Å². The summed E-state index contributed by atoms with van der Waals surface area (Å²) < 4.78 is 0. The Morgan fingerprint density at radius 2 is 1.33 bits per heavy atom. The van der Waals surface area contributed by atoms with E-state index < -0.39 is 0 Å². The van der Waals surface area contributed by atoms with Crippen molar-refractivity contribution < 1.29 is 5.11 Å². The highest BCUT2D eigenvalue weighted by molar-refractivity contribution is 6.23. The topological polar surface area (TPSA) is 58.4 Å². The van der Waals surface area contributed by atoms with Crippen LogP contribution in [0.15, 0.2) is 65.9 Å². The van der Waals surface area contributed by atoms with Crippen molar-refractivity contribution in [1.29, 1.82) is 0 Å². The van der Waals surface area contributed by atoms with Crippen molar-refractivity contribution in [3.63, 3.8) is 0 Å². The molecule has 4 heteroatoms. The molecular weight excluding hydrogens is 262 g/mol. The Morgan fingerprint density at radius 3 is 1.90 bits per heavy atom. The number of rotatable bonds is 1. The van der Waals surface area contributed by atoms with Gasteiger partial charge in [-0.05, 0) is 48.5 Å². The first-order valence-electron chi connectivity index (χ1n) is 6.62. The molecule has 4 nitrogen and oxygen atoms in total. The first kappa shape index (κ1) is 11.8. The number of benzene rings is 1. The SMILES string of the molecule is Oc1ccc(N=C2c3cccnc3-c3ncccc32)cc1. The Bertz CT molecular complexity index is 806. The molecule has 0 radical (unpaired) electrons. The number of hydrogen-bond acceptors (Lipinski definition) is 4. The summed E-state index contributed by atoms with van der Waals surface area (Å²) in [5.41, 5.74) is 5.36. The number of phenolic OH excluding ortho intramolecular Hbond substituents is 1. The van der Waals surface area contributed by atoms with Gasteiger partial charge in [0.05, 0.1) is 22.8 Å². The second-order valence-corrected chi connectivity index (χ2v) is 4.78. The summed E-state index contributed by atoms with van der Waals surface area (Å²) in [6.45, 7) is 0. The van der Waals surface area contributed by atoms with E-state index in [0.717, 1.165) is 33.9 Å². The molecule has 0 atom stereocenters. The van der Waals surface area contributed by atoms with Crippen LogP contribution < -0.4 is 0 Å². The second kappa shape index (κ2) is 4.52. The molecular formula is C17H11N3O. The molecule has 2 aromatic heterocycles. The number of fused-ring (bicyclic) bond motifs is 3. The van der Waals surface area contributed by atoms with Crippen LogP contribution in [0.5, 0.6) is 5.75 Å². The zero-order valence-electron chi connectivity index (χ0n) is 11.1. The van der Waals surface area contributed by atoms with Crippen LogP contribution in [0, 0.1) is 0 Å². The molecule has 0 bridgehead atoms. The number of hydrogen-bond donors (Lipinski definition) is 1. The first-order valence-corrected chi connectivity index (χ1v) is 6.62. The van der Waals surface area contributed by atoms with Gasteiger partial charge in [-0.1, -0.05) is 0 Å². The average molecular weight is 273 g/mol. The van der Waals surface area contributed by atoms with Crippen LogP contribution in [0.4, 0.5) is 5.69 Å². The Morgan fingerprint density at radius 1 is 0.762 bits per heavy atom. The molecule has 1 aliphatic rings. The number of aromatic hydroxyl groups is 1. The van der Waals surface area contributed by atoms with Crippen LogP contribution in [-0.4, -0.2) is 20.8 Å². The van der Waals surface area contributed by atoms with Gasteiger partial charge in [-0.2, -0.15) is 0 Å². The average Bonchev–Trinajstić information content (AvgIpc) is 2.85. The highest BCUT2D eigenvalue weighted by Crippen LogP contribution is 2.34. The molecule has 0 aliphatic heterocycles. The fraction of sp³-hybridized carbons (Fsp3) is 0. The molecule has 0 spiro atoms. The van der Waals surface area contributed by atoms with Gasteiger partial charge in [0.15, 0.2) is 0 Å². The van der Waals surface area contributed by atoms with E-state index in [1.165, 1.54) is 0 Å². The first-order chi connectivity index (χ1) is 10.3. The monoisotopic (exact) mass is 273 g/mol. The van der Waals surface area contributed by atoms with Crippen LogP contribution in [0.25, 0.3) is 11.4 Å². The van der Waals surface area contributed by atoms with E-state index in [4.69, 9.17) is 4.99 Å². The van der Waals surface area contributed by atoms with E-state index in [1.54, 1.807) is 36.7 Å². The quantitative estimate of drug-likeness (QED) is 0.578. The van der Waals surface area contributed by atoms with Gasteiger partial charge in [0.2, 0.25) is 0 Å². The molecule has 0 unspecified atom stereocenters. The molecule has 1 N–H and O–H groups in total. The smallest absolute Gasteiger partial charge is 0.115 e. The van der Waals surface area contributed by atoms with E-state index in [9.17, 15) is 5.11 Å². The highest BCUT2D eigenvalue weighted by atomic mass is 16.3. The van der Waals surface area contributed by atoms with E-state index >= 15 is 0 Å². The fourth-order valence-corrected chi connectivity index (χ4v) is 2.49. The van der Waals surface area contributed by atoms with Crippen molar-refractivity contribution in [2.24, 2.45) is 4.99 Å². The molecule has 4 rings (SSSR count). The molecule has 0 amide bonds. The lowest BCUT2D eigenvalue weighted by atomic mass is 10.1. The third kappa shape index (κ3) is 1.89. The van der Waals surface area contributed by atoms with Crippen molar-refractivity contribution >= 4 is 11.4 Å². The van der Waals surface area contributed by atoms with E-state index in [0.29, 0.717) is 0 Å². The third-order valence-corrected chi connectivity index (χ3v) is 3.44. The van der Waals surface area contributed by atoms with Crippen LogP contribution in [0.3, 0.4) is 0 Å². The largest absolute Gasteiger partial charge is 0.508 e. The number of nitrogens with zero attached hydrogens (tertiary/aromatic N) is 3. The summed E-state index contributed by atoms with van der Waals surface area (Å²) in [5, 5.41) is 9.36. The maximum Gasteiger partial charge on any atom is 0.115 e. The Balaban J connectivity index is 1.94. The maximum atomic E-state index is 9.36. The molecule has 1 aromatic carbocycles. The van der Waals surface area contributed by atoms with Crippen molar-refractivity contribution in [1.82, 2.24) is 9.97 Å². The summed E-state index contributed by atoms with van der Waals surface area (Å²) in [4.78, 5) is 13.6.